The summed E-state index contributed by atoms with van der Waals surface area (Å²) in [6.45, 7) is 12.9. The Morgan fingerprint density at radius 2 is 1.14 bits per heavy atom. The third-order valence-electron chi connectivity index (χ3n) is 3.71. The van der Waals surface area contributed by atoms with Gasteiger partial charge in [0.05, 0.1) is 5.69 Å². The van der Waals surface area contributed by atoms with Gasteiger partial charge in [-0.1, -0.05) is 35.4 Å². The highest BCUT2D eigenvalue weighted by atomic mass is 31.1. The van der Waals surface area contributed by atoms with Gasteiger partial charge in [0.2, 0.25) is 0 Å². The zero-order valence-corrected chi connectivity index (χ0v) is 14.8. The lowest BCUT2D eigenvalue weighted by Crippen LogP contribution is -2.05. The summed E-state index contributed by atoms with van der Waals surface area (Å²) in [6, 6.07) is 8.91. The van der Waals surface area contributed by atoms with Crippen molar-refractivity contribution in [3.63, 3.8) is 0 Å². The second-order valence-corrected chi connectivity index (χ2v) is 6.97. The average molecular weight is 297 g/mol. The van der Waals surface area contributed by atoms with Crippen molar-refractivity contribution in [1.29, 1.82) is 0 Å². The summed E-state index contributed by atoms with van der Waals surface area (Å²) in [7, 11) is 0.622. The molecule has 0 heterocycles. The van der Waals surface area contributed by atoms with E-state index in [0.29, 0.717) is 8.58 Å². The van der Waals surface area contributed by atoms with Crippen LogP contribution in [0.4, 0.5) is 5.69 Å². The molecule has 1 unspecified atom stereocenters. The van der Waals surface area contributed by atoms with Crippen LogP contribution in [-0.2, 0) is 0 Å². The van der Waals surface area contributed by atoms with E-state index in [1.54, 1.807) is 0 Å². The molecular weight excluding hydrogens is 273 g/mol. The van der Waals surface area contributed by atoms with Gasteiger partial charge in [-0.15, -0.1) is 0 Å². The Bertz CT molecular complexity index is 653. The van der Waals surface area contributed by atoms with E-state index in [4.69, 9.17) is 4.99 Å². The molecule has 0 saturated heterocycles. The molecule has 0 N–H and O–H groups in total. The first-order valence-electron chi connectivity index (χ1n) is 7.33. The average Bonchev–Trinajstić information content (AvgIpc) is 2.34. The summed E-state index contributed by atoms with van der Waals surface area (Å²) < 4.78 is 0. The Labute approximate surface area is 130 Å². The molecule has 0 aliphatic rings. The second-order valence-electron chi connectivity index (χ2n) is 5.92. The fourth-order valence-corrected chi connectivity index (χ4v) is 3.87. The van der Waals surface area contributed by atoms with Crippen LogP contribution in [0, 0.1) is 41.5 Å². The van der Waals surface area contributed by atoms with Crippen LogP contribution in [0.2, 0.25) is 0 Å². The van der Waals surface area contributed by atoms with Crippen molar-refractivity contribution in [2.75, 3.05) is 0 Å². The molecule has 0 fully saturated rings. The Morgan fingerprint density at radius 3 is 1.62 bits per heavy atom. The van der Waals surface area contributed by atoms with Crippen molar-refractivity contribution >= 4 is 25.5 Å². The number of rotatable bonds is 3. The van der Waals surface area contributed by atoms with Gasteiger partial charge in [-0.3, -0.25) is 4.99 Å². The van der Waals surface area contributed by atoms with Crippen molar-refractivity contribution in [3.05, 3.63) is 57.6 Å². The van der Waals surface area contributed by atoms with E-state index in [-0.39, 0.29) is 0 Å². The first-order valence-corrected chi connectivity index (χ1v) is 8.41. The molecule has 0 amide bonds. The molecule has 21 heavy (non-hydrogen) atoms. The topological polar surface area (TPSA) is 12.4 Å². The maximum Gasteiger partial charge on any atom is 0.0688 e. The van der Waals surface area contributed by atoms with Gasteiger partial charge in [0, 0.05) is 5.96 Å². The number of hydrogen-bond donors (Lipinski definition) is 0. The summed E-state index contributed by atoms with van der Waals surface area (Å²) in [5.41, 5.74) is 9.01. The van der Waals surface area contributed by atoms with Crippen LogP contribution in [0.25, 0.3) is 0 Å². The molecule has 2 aromatic carbocycles. The first-order chi connectivity index (χ1) is 9.88. The summed E-state index contributed by atoms with van der Waals surface area (Å²) in [6.07, 6.45) is 0. The molecule has 0 aromatic heterocycles. The lowest BCUT2D eigenvalue weighted by Gasteiger charge is -2.09. The van der Waals surface area contributed by atoms with Crippen molar-refractivity contribution in [2.45, 2.75) is 41.5 Å². The molecule has 110 valence electrons. The number of hydrogen-bond acceptors (Lipinski definition) is 1. The van der Waals surface area contributed by atoms with E-state index in [9.17, 15) is 0 Å². The van der Waals surface area contributed by atoms with Gasteiger partial charge in [-0.05, 0) is 77.7 Å². The normalized spacial score (nSPS) is 11.9. The van der Waals surface area contributed by atoms with Gasteiger partial charge in [0.15, 0.2) is 0 Å². The summed E-state index contributed by atoms with van der Waals surface area (Å²) in [4.78, 5) is 4.73. The standard InChI is InChI=1S/C19H24NP/c1-12-7-14(3)18(15(4)8-12)20-11-21-19-16(5)9-13(2)10-17(19)6/h7-11,21H,1-6H3. The lowest BCUT2D eigenvalue weighted by atomic mass is 10.1. The van der Waals surface area contributed by atoms with Crippen LogP contribution in [0.5, 0.6) is 0 Å². The number of aliphatic imine (C=N–C) groups is 1. The minimum atomic E-state index is 0.622. The highest BCUT2D eigenvalue weighted by Gasteiger charge is 2.04. The third kappa shape index (κ3) is 3.80. The predicted molar refractivity (Wildman–Crippen MR) is 97.4 cm³/mol. The molecule has 2 heteroatoms. The van der Waals surface area contributed by atoms with Gasteiger partial charge in [-0.2, -0.15) is 0 Å². The molecule has 1 nitrogen and oxygen atoms in total. The van der Waals surface area contributed by atoms with E-state index in [2.05, 4.69) is 71.8 Å². The quantitative estimate of drug-likeness (QED) is 0.545. The van der Waals surface area contributed by atoms with Crippen molar-refractivity contribution in [1.82, 2.24) is 0 Å². The Balaban J connectivity index is 2.25. The number of aryl methyl sites for hydroxylation is 6. The smallest absolute Gasteiger partial charge is 0.0688 e. The fourth-order valence-electron chi connectivity index (χ4n) is 2.95. The number of nitrogens with zero attached hydrogens (tertiary/aromatic N) is 1. The van der Waals surface area contributed by atoms with Crippen molar-refractivity contribution in [3.8, 4) is 0 Å². The van der Waals surface area contributed by atoms with Crippen molar-refractivity contribution in [2.24, 2.45) is 4.99 Å². The zero-order valence-electron chi connectivity index (χ0n) is 13.8. The molecule has 0 saturated carbocycles. The molecule has 0 aliphatic carbocycles. The van der Waals surface area contributed by atoms with Crippen LogP contribution in [-0.4, -0.2) is 5.96 Å². The molecular formula is C19H24NP. The number of benzene rings is 2. The third-order valence-corrected chi connectivity index (χ3v) is 5.05. The minimum Gasteiger partial charge on any atom is -0.256 e. The fraction of sp³-hybridized carbons (Fsp3) is 0.316. The van der Waals surface area contributed by atoms with Gasteiger partial charge in [0.25, 0.3) is 0 Å². The van der Waals surface area contributed by atoms with Crippen LogP contribution < -0.4 is 5.30 Å². The van der Waals surface area contributed by atoms with Crippen LogP contribution in [0.3, 0.4) is 0 Å². The van der Waals surface area contributed by atoms with Gasteiger partial charge >= 0.3 is 0 Å². The molecule has 0 bridgehead atoms. The van der Waals surface area contributed by atoms with Crippen molar-refractivity contribution < 1.29 is 0 Å². The summed E-state index contributed by atoms with van der Waals surface area (Å²) in [5.74, 6) is 2.08. The monoisotopic (exact) mass is 297 g/mol. The van der Waals surface area contributed by atoms with Crippen LogP contribution in [0.1, 0.15) is 33.4 Å². The van der Waals surface area contributed by atoms with Gasteiger partial charge in [-0.25, -0.2) is 0 Å². The second kappa shape index (κ2) is 6.54. The highest BCUT2D eigenvalue weighted by molar-refractivity contribution is 7.63. The maximum absolute atomic E-state index is 4.73. The summed E-state index contributed by atoms with van der Waals surface area (Å²) >= 11 is 0. The highest BCUT2D eigenvalue weighted by Crippen LogP contribution is 2.26. The minimum absolute atomic E-state index is 0.622. The Hall–Kier alpha value is -1.46. The molecule has 0 aliphatic heterocycles. The first kappa shape index (κ1) is 15.9. The van der Waals surface area contributed by atoms with E-state index in [0.717, 1.165) is 5.69 Å². The largest absolute Gasteiger partial charge is 0.256 e. The molecule has 2 rings (SSSR count). The zero-order chi connectivity index (χ0) is 15.6. The lowest BCUT2D eigenvalue weighted by molar-refractivity contribution is 1.29. The Morgan fingerprint density at radius 1 is 0.714 bits per heavy atom. The molecule has 0 spiro atoms. The van der Waals surface area contributed by atoms with E-state index in [1.165, 1.54) is 38.7 Å². The van der Waals surface area contributed by atoms with Gasteiger partial charge in [0.1, 0.15) is 0 Å². The summed E-state index contributed by atoms with van der Waals surface area (Å²) in [5, 5.41) is 1.42. The van der Waals surface area contributed by atoms with Crippen LogP contribution in [0.15, 0.2) is 29.3 Å². The molecule has 0 radical (unpaired) electrons. The van der Waals surface area contributed by atoms with Crippen LogP contribution >= 0.6 is 8.58 Å². The molecule has 2 aromatic rings. The SMILES string of the molecule is Cc1cc(C)c(N=CPc2c(C)cc(C)cc2C)c(C)c1. The van der Waals surface area contributed by atoms with E-state index >= 15 is 0 Å². The Kier molecular flexibility index (Phi) is 4.96. The molecule has 1 atom stereocenters. The van der Waals surface area contributed by atoms with Gasteiger partial charge < -0.3 is 0 Å². The van der Waals surface area contributed by atoms with E-state index in [1.807, 2.05) is 0 Å². The predicted octanol–water partition coefficient (Wildman–Crippen LogP) is 5.20. The maximum atomic E-state index is 4.73. The van der Waals surface area contributed by atoms with E-state index < -0.39 is 0 Å².